The Morgan fingerprint density at radius 2 is 1.82 bits per heavy atom. The van der Waals surface area contributed by atoms with E-state index >= 15 is 0 Å². The van der Waals surface area contributed by atoms with Gasteiger partial charge in [0, 0.05) is 36.8 Å². The van der Waals surface area contributed by atoms with Crippen LogP contribution in [-0.2, 0) is 29.3 Å². The first kappa shape index (κ1) is 31.6. The molecule has 40 heavy (non-hydrogen) atoms. The highest BCUT2D eigenvalue weighted by atomic mass is 16.7. The fourth-order valence-electron chi connectivity index (χ4n) is 5.39. The molecule has 1 aliphatic heterocycles. The molecule has 3 rings (SSSR count). The van der Waals surface area contributed by atoms with Gasteiger partial charge < -0.3 is 30.5 Å². The molecule has 1 amide bonds. The van der Waals surface area contributed by atoms with Crippen molar-refractivity contribution in [3.05, 3.63) is 77.0 Å². The van der Waals surface area contributed by atoms with Crippen molar-refractivity contribution in [3.8, 4) is 5.75 Å². The van der Waals surface area contributed by atoms with E-state index in [9.17, 15) is 15.0 Å². The maximum absolute atomic E-state index is 12.3. The van der Waals surface area contributed by atoms with Crippen LogP contribution in [0, 0.1) is 11.8 Å². The van der Waals surface area contributed by atoms with Crippen LogP contribution < -0.4 is 10.5 Å². The third kappa shape index (κ3) is 8.28. The Balaban J connectivity index is 1.91. The molecule has 0 spiro atoms. The SMILES string of the molecule is COc1ccccc1CN(Cc1cccc(CN2O[C@@H](CO)[C@@H]([C@H](C)O)[C@H]2C(N)=O)c1)/C(=C\C(C)C)CN(C)C. The van der Waals surface area contributed by atoms with E-state index in [1.807, 2.05) is 30.3 Å². The third-order valence-corrected chi connectivity index (χ3v) is 7.07. The van der Waals surface area contributed by atoms with Crippen LogP contribution in [0.25, 0.3) is 0 Å². The Labute approximate surface area is 238 Å². The van der Waals surface area contributed by atoms with E-state index in [-0.39, 0.29) is 6.61 Å². The minimum Gasteiger partial charge on any atom is -0.496 e. The van der Waals surface area contributed by atoms with Crippen LogP contribution in [0.2, 0.25) is 0 Å². The molecule has 0 aromatic heterocycles. The first-order valence-corrected chi connectivity index (χ1v) is 13.9. The largest absolute Gasteiger partial charge is 0.496 e. The average molecular weight is 555 g/mol. The molecule has 1 aliphatic rings. The molecule has 1 fully saturated rings. The van der Waals surface area contributed by atoms with E-state index in [4.69, 9.17) is 15.3 Å². The maximum atomic E-state index is 12.3. The normalized spacial score (nSPS) is 20.8. The Kier molecular flexibility index (Phi) is 11.5. The second kappa shape index (κ2) is 14.6. The lowest BCUT2D eigenvalue weighted by Gasteiger charge is -2.31. The van der Waals surface area contributed by atoms with Crippen LogP contribution in [0.3, 0.4) is 0 Å². The van der Waals surface area contributed by atoms with Crippen LogP contribution in [-0.4, -0.2) is 83.6 Å². The van der Waals surface area contributed by atoms with E-state index in [1.165, 1.54) is 10.8 Å². The van der Waals surface area contributed by atoms with Crippen molar-refractivity contribution in [2.24, 2.45) is 17.6 Å². The van der Waals surface area contributed by atoms with E-state index in [0.717, 1.165) is 29.0 Å². The maximum Gasteiger partial charge on any atom is 0.237 e. The van der Waals surface area contributed by atoms with Crippen molar-refractivity contribution < 1.29 is 24.6 Å². The molecule has 4 N–H and O–H groups in total. The van der Waals surface area contributed by atoms with Crippen molar-refractivity contribution in [1.29, 1.82) is 0 Å². The molecule has 0 unspecified atom stereocenters. The number of aliphatic hydroxyl groups excluding tert-OH is 2. The first-order chi connectivity index (χ1) is 19.0. The number of nitrogens with two attached hydrogens (primary N) is 1. The number of hydrogen-bond donors (Lipinski definition) is 3. The number of hydrogen-bond acceptors (Lipinski definition) is 8. The molecular weight excluding hydrogens is 508 g/mol. The van der Waals surface area contributed by atoms with Gasteiger partial charge in [-0.15, -0.1) is 0 Å². The monoisotopic (exact) mass is 554 g/mol. The summed E-state index contributed by atoms with van der Waals surface area (Å²) in [6, 6.07) is 15.4. The molecule has 0 saturated carbocycles. The Morgan fingerprint density at radius 3 is 2.42 bits per heavy atom. The number of hydroxylamine groups is 2. The van der Waals surface area contributed by atoms with Gasteiger partial charge in [0.15, 0.2) is 0 Å². The lowest BCUT2D eigenvalue weighted by Crippen LogP contribution is -2.47. The van der Waals surface area contributed by atoms with Gasteiger partial charge in [-0.3, -0.25) is 9.63 Å². The summed E-state index contributed by atoms with van der Waals surface area (Å²) in [7, 11) is 5.84. The van der Waals surface area contributed by atoms with Gasteiger partial charge in [-0.2, -0.15) is 5.06 Å². The highest BCUT2D eigenvalue weighted by molar-refractivity contribution is 5.80. The van der Waals surface area contributed by atoms with Crippen LogP contribution in [0.1, 0.15) is 37.5 Å². The highest BCUT2D eigenvalue weighted by Gasteiger charge is 2.48. The second-order valence-electron chi connectivity index (χ2n) is 11.2. The number of primary amides is 1. The molecule has 0 aliphatic carbocycles. The zero-order valence-corrected chi connectivity index (χ0v) is 24.7. The predicted molar refractivity (Wildman–Crippen MR) is 156 cm³/mol. The summed E-state index contributed by atoms with van der Waals surface area (Å²) in [5, 5.41) is 21.6. The van der Waals surface area contributed by atoms with Crippen LogP contribution in [0.5, 0.6) is 5.75 Å². The summed E-state index contributed by atoms with van der Waals surface area (Å²) in [6.07, 6.45) is 0.740. The second-order valence-corrected chi connectivity index (χ2v) is 11.2. The van der Waals surface area contributed by atoms with Crippen molar-refractivity contribution in [1.82, 2.24) is 14.9 Å². The summed E-state index contributed by atoms with van der Waals surface area (Å²) in [6.45, 7) is 8.06. The molecule has 2 aromatic carbocycles. The van der Waals surface area contributed by atoms with Gasteiger partial charge in [-0.25, -0.2) is 0 Å². The predicted octanol–water partition coefficient (Wildman–Crippen LogP) is 2.76. The lowest BCUT2D eigenvalue weighted by atomic mass is 9.89. The van der Waals surface area contributed by atoms with Gasteiger partial charge >= 0.3 is 0 Å². The Hall–Kier alpha value is -2.95. The number of para-hydroxylation sites is 1. The van der Waals surface area contributed by atoms with Crippen molar-refractivity contribution in [2.75, 3.05) is 34.4 Å². The molecular formula is C31H46N4O5. The molecule has 2 aromatic rings. The number of ether oxygens (including phenoxy) is 1. The van der Waals surface area contributed by atoms with Gasteiger partial charge in [0.05, 0.1) is 26.4 Å². The molecule has 1 heterocycles. The number of benzene rings is 2. The first-order valence-electron chi connectivity index (χ1n) is 13.9. The lowest BCUT2D eigenvalue weighted by molar-refractivity contribution is -0.180. The molecule has 0 bridgehead atoms. The van der Waals surface area contributed by atoms with Gasteiger partial charge in [0.25, 0.3) is 0 Å². The Bertz CT molecular complexity index is 1140. The number of aliphatic hydroxyl groups is 2. The fraction of sp³-hybridized carbons (Fsp3) is 0.516. The summed E-state index contributed by atoms with van der Waals surface area (Å²) < 4.78 is 5.66. The Morgan fingerprint density at radius 1 is 1.12 bits per heavy atom. The van der Waals surface area contributed by atoms with E-state index in [1.54, 1.807) is 14.0 Å². The number of carbonyl (C=O) groups is 1. The summed E-state index contributed by atoms with van der Waals surface area (Å²) in [5.41, 5.74) is 10.1. The van der Waals surface area contributed by atoms with E-state index < -0.39 is 30.1 Å². The van der Waals surface area contributed by atoms with Crippen LogP contribution in [0.4, 0.5) is 0 Å². The van der Waals surface area contributed by atoms with Crippen LogP contribution in [0.15, 0.2) is 60.3 Å². The molecule has 4 atom stereocenters. The number of carbonyl (C=O) groups excluding carboxylic acids is 1. The molecule has 9 nitrogen and oxygen atoms in total. The zero-order valence-electron chi connectivity index (χ0n) is 24.7. The van der Waals surface area contributed by atoms with Gasteiger partial charge in [0.2, 0.25) is 5.91 Å². The smallest absolute Gasteiger partial charge is 0.237 e. The summed E-state index contributed by atoms with van der Waals surface area (Å²) >= 11 is 0. The van der Waals surface area contributed by atoms with Crippen LogP contribution >= 0.6 is 0 Å². The number of amides is 1. The molecule has 9 heteroatoms. The standard InChI is InChI=1S/C31H46N4O5/c1-21(2)14-26(19-33(4)5)34(18-25-12-7-8-13-27(25)39-6)16-23-10-9-11-24(15-23)17-35-30(31(32)38)29(22(3)37)28(20-36)40-35/h7-15,21-22,28-30,36-37H,16-20H2,1-6H3,(H2,32,38)/b26-14-/t22-,28-,29+,30-/m0/s1. The summed E-state index contributed by atoms with van der Waals surface area (Å²) in [4.78, 5) is 22.8. The van der Waals surface area contributed by atoms with Gasteiger partial charge in [-0.1, -0.05) is 62.4 Å². The topological polar surface area (TPSA) is 112 Å². The molecule has 1 saturated heterocycles. The average Bonchev–Trinajstić information content (AvgIpc) is 3.26. The number of nitrogens with zero attached hydrogens (tertiary/aromatic N) is 3. The third-order valence-electron chi connectivity index (χ3n) is 7.07. The highest BCUT2D eigenvalue weighted by Crippen LogP contribution is 2.32. The van der Waals surface area contributed by atoms with E-state index in [0.29, 0.717) is 25.6 Å². The number of methoxy groups -OCH3 is 1. The van der Waals surface area contributed by atoms with Gasteiger partial charge in [0.1, 0.15) is 17.9 Å². The number of likely N-dealkylation sites (N-methyl/N-ethyl adjacent to an activating group) is 1. The fourth-order valence-corrected chi connectivity index (χ4v) is 5.39. The quantitative estimate of drug-likeness (QED) is 0.327. The zero-order chi connectivity index (χ0) is 29.4. The minimum atomic E-state index is -0.864. The molecule has 220 valence electrons. The minimum absolute atomic E-state index is 0.292. The van der Waals surface area contributed by atoms with Crippen molar-refractivity contribution >= 4 is 5.91 Å². The number of rotatable bonds is 14. The van der Waals surface area contributed by atoms with Gasteiger partial charge in [-0.05, 0) is 44.1 Å². The van der Waals surface area contributed by atoms with E-state index in [2.05, 4.69) is 62.0 Å². The van der Waals surface area contributed by atoms with Crippen molar-refractivity contribution in [3.63, 3.8) is 0 Å². The summed E-state index contributed by atoms with van der Waals surface area (Å²) in [5.74, 6) is 0.0236. The van der Waals surface area contributed by atoms with Crippen molar-refractivity contribution in [2.45, 2.75) is 58.7 Å². The number of allylic oxidation sites excluding steroid dienone is 1. The molecule has 0 radical (unpaired) electrons.